The third-order valence-electron chi connectivity index (χ3n) is 3.68. The molecule has 1 aliphatic rings. The number of pyridine rings is 1. The summed E-state index contributed by atoms with van der Waals surface area (Å²) < 4.78 is 5.22. The van der Waals surface area contributed by atoms with E-state index in [1.807, 2.05) is 13.0 Å². The Labute approximate surface area is 123 Å². The summed E-state index contributed by atoms with van der Waals surface area (Å²) in [6.45, 7) is 3.84. The lowest BCUT2D eigenvalue weighted by Gasteiger charge is -2.22. The maximum atomic E-state index is 6.18. The maximum Gasteiger partial charge on any atom is 0.226 e. The number of likely N-dealkylation sites (tertiary alicyclic amines) is 1. The van der Waals surface area contributed by atoms with Crippen LogP contribution in [0.4, 0.5) is 0 Å². The summed E-state index contributed by atoms with van der Waals surface area (Å²) in [5, 5.41) is 4.82. The molecule has 0 bridgehead atoms. The molecule has 1 fully saturated rings. The van der Waals surface area contributed by atoms with Gasteiger partial charge in [0.1, 0.15) is 0 Å². The average Bonchev–Trinajstić information content (AvgIpc) is 3.09. The standard InChI is InChI=1S/C14H17ClN4O/c1-2-13-17-14(18-20-13)12-4-3-7-19(12)9-10-5-6-16-8-11(10)15/h5-6,8,12H,2-4,7,9H2,1H3. The summed E-state index contributed by atoms with van der Waals surface area (Å²) >= 11 is 6.18. The van der Waals surface area contributed by atoms with Crippen LogP contribution in [0, 0.1) is 0 Å². The Morgan fingerprint density at radius 1 is 1.50 bits per heavy atom. The first kappa shape index (κ1) is 13.5. The van der Waals surface area contributed by atoms with E-state index in [9.17, 15) is 0 Å². The number of halogens is 1. The summed E-state index contributed by atoms with van der Waals surface area (Å²) in [6, 6.07) is 2.19. The quantitative estimate of drug-likeness (QED) is 0.867. The van der Waals surface area contributed by atoms with Crippen molar-refractivity contribution < 1.29 is 4.52 Å². The molecule has 1 unspecified atom stereocenters. The zero-order chi connectivity index (χ0) is 13.9. The van der Waals surface area contributed by atoms with Gasteiger partial charge in [-0.1, -0.05) is 23.7 Å². The molecule has 3 heterocycles. The SMILES string of the molecule is CCc1nc(C2CCCN2Cc2ccncc2Cl)no1. The lowest BCUT2D eigenvalue weighted by Crippen LogP contribution is -2.23. The van der Waals surface area contributed by atoms with Crippen LogP contribution in [0.5, 0.6) is 0 Å². The lowest BCUT2D eigenvalue weighted by molar-refractivity contribution is 0.234. The fraction of sp³-hybridized carbons (Fsp3) is 0.500. The minimum absolute atomic E-state index is 0.225. The molecule has 0 saturated carbocycles. The Balaban J connectivity index is 1.77. The zero-order valence-corrected chi connectivity index (χ0v) is 12.2. The van der Waals surface area contributed by atoms with Gasteiger partial charge in [-0.2, -0.15) is 4.98 Å². The van der Waals surface area contributed by atoms with Crippen LogP contribution in [0.25, 0.3) is 0 Å². The molecule has 5 nitrogen and oxygen atoms in total. The predicted octanol–water partition coefficient (Wildman–Crippen LogP) is 3.02. The monoisotopic (exact) mass is 292 g/mol. The van der Waals surface area contributed by atoms with Crippen molar-refractivity contribution in [1.29, 1.82) is 0 Å². The summed E-state index contributed by atoms with van der Waals surface area (Å²) in [6.07, 6.45) is 6.44. The van der Waals surface area contributed by atoms with E-state index in [-0.39, 0.29) is 6.04 Å². The highest BCUT2D eigenvalue weighted by molar-refractivity contribution is 6.31. The fourth-order valence-corrected chi connectivity index (χ4v) is 2.78. The van der Waals surface area contributed by atoms with Crippen LogP contribution in [-0.4, -0.2) is 26.6 Å². The minimum atomic E-state index is 0.225. The minimum Gasteiger partial charge on any atom is -0.339 e. The van der Waals surface area contributed by atoms with Gasteiger partial charge in [0.15, 0.2) is 5.82 Å². The van der Waals surface area contributed by atoms with Crippen molar-refractivity contribution in [1.82, 2.24) is 20.0 Å². The lowest BCUT2D eigenvalue weighted by atomic mass is 10.2. The highest BCUT2D eigenvalue weighted by atomic mass is 35.5. The molecule has 1 saturated heterocycles. The molecule has 0 aromatic carbocycles. The third-order valence-corrected chi connectivity index (χ3v) is 4.02. The van der Waals surface area contributed by atoms with E-state index in [0.717, 1.165) is 43.7 Å². The van der Waals surface area contributed by atoms with E-state index in [1.165, 1.54) is 0 Å². The van der Waals surface area contributed by atoms with Crippen LogP contribution < -0.4 is 0 Å². The van der Waals surface area contributed by atoms with Gasteiger partial charge >= 0.3 is 0 Å². The molecule has 0 radical (unpaired) electrons. The highest BCUT2D eigenvalue weighted by Gasteiger charge is 2.30. The number of aromatic nitrogens is 3. The van der Waals surface area contributed by atoms with Gasteiger partial charge in [-0.15, -0.1) is 0 Å². The summed E-state index contributed by atoms with van der Waals surface area (Å²) in [7, 11) is 0. The molecule has 2 aromatic rings. The van der Waals surface area contributed by atoms with Crippen molar-refractivity contribution in [3.63, 3.8) is 0 Å². The van der Waals surface area contributed by atoms with Gasteiger partial charge in [0.2, 0.25) is 5.89 Å². The van der Waals surface area contributed by atoms with E-state index < -0.39 is 0 Å². The largest absolute Gasteiger partial charge is 0.339 e. The Bertz CT molecular complexity index is 586. The van der Waals surface area contributed by atoms with Crippen LogP contribution in [0.15, 0.2) is 23.0 Å². The van der Waals surface area contributed by atoms with Gasteiger partial charge in [0.05, 0.1) is 11.1 Å². The van der Waals surface area contributed by atoms with Crippen LogP contribution in [-0.2, 0) is 13.0 Å². The molecule has 106 valence electrons. The van der Waals surface area contributed by atoms with Gasteiger partial charge in [-0.05, 0) is 31.0 Å². The number of rotatable bonds is 4. The molecule has 0 spiro atoms. The first-order chi connectivity index (χ1) is 9.78. The maximum absolute atomic E-state index is 6.18. The van der Waals surface area contributed by atoms with E-state index in [2.05, 4.69) is 20.0 Å². The van der Waals surface area contributed by atoms with Crippen LogP contribution >= 0.6 is 11.6 Å². The normalized spacial score (nSPS) is 19.6. The van der Waals surface area contributed by atoms with E-state index in [0.29, 0.717) is 10.9 Å². The molecule has 1 atom stereocenters. The van der Waals surface area contributed by atoms with Crippen molar-refractivity contribution in [2.75, 3.05) is 6.54 Å². The van der Waals surface area contributed by atoms with Crippen molar-refractivity contribution in [3.05, 3.63) is 40.8 Å². The Morgan fingerprint density at radius 3 is 3.15 bits per heavy atom. The van der Waals surface area contributed by atoms with Crippen molar-refractivity contribution in [3.8, 4) is 0 Å². The second-order valence-corrected chi connectivity index (χ2v) is 5.40. The Hall–Kier alpha value is -1.46. The molecule has 1 aliphatic heterocycles. The third kappa shape index (κ3) is 2.69. The predicted molar refractivity (Wildman–Crippen MR) is 75.3 cm³/mol. The van der Waals surface area contributed by atoms with Crippen molar-refractivity contribution in [2.45, 2.75) is 38.8 Å². The summed E-state index contributed by atoms with van der Waals surface area (Å²) in [5.74, 6) is 1.50. The molecule has 0 amide bonds. The van der Waals surface area contributed by atoms with Crippen molar-refractivity contribution >= 4 is 11.6 Å². The second kappa shape index (κ2) is 5.89. The molecule has 3 rings (SSSR count). The molecular formula is C14H17ClN4O. The molecule has 20 heavy (non-hydrogen) atoms. The topological polar surface area (TPSA) is 55.1 Å². The molecule has 2 aromatic heterocycles. The molecular weight excluding hydrogens is 276 g/mol. The van der Waals surface area contributed by atoms with Gasteiger partial charge in [-0.3, -0.25) is 9.88 Å². The van der Waals surface area contributed by atoms with E-state index in [4.69, 9.17) is 16.1 Å². The fourth-order valence-electron chi connectivity index (χ4n) is 2.61. The Kier molecular flexibility index (Phi) is 3.98. The van der Waals surface area contributed by atoms with Gasteiger partial charge in [-0.25, -0.2) is 0 Å². The zero-order valence-electron chi connectivity index (χ0n) is 11.4. The number of aryl methyl sites for hydroxylation is 1. The summed E-state index contributed by atoms with van der Waals surface area (Å²) in [5.41, 5.74) is 1.09. The van der Waals surface area contributed by atoms with Gasteiger partial charge in [0.25, 0.3) is 0 Å². The average molecular weight is 293 g/mol. The number of hydrogen-bond acceptors (Lipinski definition) is 5. The van der Waals surface area contributed by atoms with E-state index in [1.54, 1.807) is 12.4 Å². The van der Waals surface area contributed by atoms with Crippen molar-refractivity contribution in [2.24, 2.45) is 0 Å². The smallest absolute Gasteiger partial charge is 0.226 e. The number of nitrogens with zero attached hydrogens (tertiary/aromatic N) is 4. The van der Waals surface area contributed by atoms with Crippen LogP contribution in [0.1, 0.15) is 43.1 Å². The first-order valence-corrected chi connectivity index (χ1v) is 7.30. The highest BCUT2D eigenvalue weighted by Crippen LogP contribution is 2.32. The second-order valence-electron chi connectivity index (χ2n) is 5.00. The number of hydrogen-bond donors (Lipinski definition) is 0. The van der Waals surface area contributed by atoms with Gasteiger partial charge in [0, 0.05) is 25.4 Å². The molecule has 6 heteroatoms. The summed E-state index contributed by atoms with van der Waals surface area (Å²) in [4.78, 5) is 10.8. The van der Waals surface area contributed by atoms with Gasteiger partial charge < -0.3 is 4.52 Å². The van der Waals surface area contributed by atoms with E-state index >= 15 is 0 Å². The molecule has 0 aliphatic carbocycles. The van der Waals surface area contributed by atoms with Crippen LogP contribution in [0.2, 0.25) is 5.02 Å². The van der Waals surface area contributed by atoms with Crippen LogP contribution in [0.3, 0.4) is 0 Å². The first-order valence-electron chi connectivity index (χ1n) is 6.93. The Morgan fingerprint density at radius 2 is 2.40 bits per heavy atom. The molecule has 0 N–H and O–H groups in total.